The van der Waals surface area contributed by atoms with E-state index in [2.05, 4.69) is 27.8 Å². The first kappa shape index (κ1) is 24.3. The average molecular weight is 430 g/mol. The topological polar surface area (TPSA) is 73.3 Å². The fourth-order valence-corrected chi connectivity index (χ4v) is 3.00. The Morgan fingerprint density at radius 1 is 0.903 bits per heavy atom. The Morgan fingerprint density at radius 2 is 1.68 bits per heavy atom. The van der Waals surface area contributed by atoms with Crippen molar-refractivity contribution in [3.05, 3.63) is 53.6 Å². The monoisotopic (exact) mass is 429 g/mol. The maximum Gasteiger partial charge on any atom is 0.191 e. The molecule has 0 spiro atoms. The number of aryl methyl sites for hydroxylation is 1. The molecule has 2 N–H and O–H groups in total. The lowest BCUT2D eigenvalue weighted by molar-refractivity contribution is 0.146. The van der Waals surface area contributed by atoms with Crippen LogP contribution >= 0.6 is 0 Å². The Bertz CT molecular complexity index is 794. The third-order valence-electron chi connectivity index (χ3n) is 4.63. The van der Waals surface area contributed by atoms with Crippen LogP contribution in [0.25, 0.3) is 0 Å². The van der Waals surface area contributed by atoms with E-state index in [1.54, 1.807) is 21.3 Å². The lowest BCUT2D eigenvalue weighted by Crippen LogP contribution is -2.37. The van der Waals surface area contributed by atoms with Crippen LogP contribution in [0.2, 0.25) is 0 Å². The summed E-state index contributed by atoms with van der Waals surface area (Å²) in [4.78, 5) is 4.30. The molecule has 0 saturated carbocycles. The van der Waals surface area contributed by atoms with Crippen molar-refractivity contribution in [3.8, 4) is 17.2 Å². The van der Waals surface area contributed by atoms with Crippen LogP contribution in [0.1, 0.15) is 24.5 Å². The summed E-state index contributed by atoms with van der Waals surface area (Å²) < 4.78 is 21.6. The van der Waals surface area contributed by atoms with Crippen LogP contribution in [0.5, 0.6) is 17.2 Å². The molecule has 0 aromatic heterocycles. The van der Waals surface area contributed by atoms with Gasteiger partial charge in [-0.25, -0.2) is 0 Å². The van der Waals surface area contributed by atoms with Gasteiger partial charge in [0, 0.05) is 27.2 Å². The Hall–Kier alpha value is -2.93. The summed E-state index contributed by atoms with van der Waals surface area (Å²) >= 11 is 0. The number of guanidine groups is 1. The largest absolute Gasteiger partial charge is 0.493 e. The molecule has 2 aromatic rings. The van der Waals surface area contributed by atoms with Gasteiger partial charge in [-0.2, -0.15) is 0 Å². The normalized spacial score (nSPS) is 11.2. The first-order valence-corrected chi connectivity index (χ1v) is 10.6. The van der Waals surface area contributed by atoms with Crippen LogP contribution in [0.15, 0.2) is 47.5 Å². The van der Waals surface area contributed by atoms with E-state index in [1.807, 2.05) is 37.3 Å². The maximum atomic E-state index is 5.65. The highest BCUT2D eigenvalue weighted by Gasteiger charge is 2.06. The number of aliphatic imine (C=N–C) groups is 1. The van der Waals surface area contributed by atoms with Gasteiger partial charge in [0.1, 0.15) is 12.4 Å². The lowest BCUT2D eigenvalue weighted by Gasteiger charge is -2.13. The maximum absolute atomic E-state index is 5.65. The van der Waals surface area contributed by atoms with Gasteiger partial charge in [-0.15, -0.1) is 0 Å². The fourth-order valence-electron chi connectivity index (χ4n) is 3.00. The second-order valence-corrected chi connectivity index (χ2v) is 6.86. The van der Waals surface area contributed by atoms with E-state index in [0.29, 0.717) is 26.4 Å². The van der Waals surface area contributed by atoms with Gasteiger partial charge in [-0.1, -0.05) is 18.2 Å². The number of nitrogens with one attached hydrogen (secondary N) is 2. The highest BCUT2D eigenvalue weighted by atomic mass is 16.5. The molecule has 0 aliphatic heterocycles. The standard InChI is InChI=1S/C24H35N3O4/c1-5-30-23-17-19(10-13-22(23)29-4)7-6-14-26-24(25-2)27-18-20-8-11-21(12-9-20)31-16-15-28-3/h8-13,17H,5-7,14-16,18H2,1-4H3,(H2,25,26,27). The van der Waals surface area contributed by atoms with Crippen LogP contribution in [0, 0.1) is 0 Å². The number of hydrogen-bond donors (Lipinski definition) is 2. The van der Waals surface area contributed by atoms with Gasteiger partial charge in [-0.3, -0.25) is 4.99 Å². The summed E-state index contributed by atoms with van der Waals surface area (Å²) in [6.45, 7) is 5.23. The molecule has 0 bridgehead atoms. The Balaban J connectivity index is 1.72. The smallest absolute Gasteiger partial charge is 0.191 e. The SMILES string of the molecule is CCOc1cc(CCCNC(=NC)NCc2ccc(OCCOC)cc2)ccc1OC. The Kier molecular flexibility index (Phi) is 11.1. The van der Waals surface area contributed by atoms with E-state index in [9.17, 15) is 0 Å². The molecule has 0 fully saturated rings. The van der Waals surface area contributed by atoms with Crippen LogP contribution < -0.4 is 24.8 Å². The van der Waals surface area contributed by atoms with Gasteiger partial charge in [0.05, 0.1) is 20.3 Å². The van der Waals surface area contributed by atoms with Gasteiger partial charge in [0.15, 0.2) is 17.5 Å². The highest BCUT2D eigenvalue weighted by Crippen LogP contribution is 2.28. The molecular formula is C24H35N3O4. The van der Waals surface area contributed by atoms with Crippen LogP contribution in [0.3, 0.4) is 0 Å². The number of hydrogen-bond acceptors (Lipinski definition) is 5. The summed E-state index contributed by atoms with van der Waals surface area (Å²) in [7, 11) is 5.10. The number of benzene rings is 2. The molecule has 0 aliphatic carbocycles. The van der Waals surface area contributed by atoms with Crippen molar-refractivity contribution in [2.24, 2.45) is 4.99 Å². The number of nitrogens with zero attached hydrogens (tertiary/aromatic N) is 1. The molecule has 170 valence electrons. The molecular weight excluding hydrogens is 394 g/mol. The van der Waals surface area contributed by atoms with Gasteiger partial charge in [0.25, 0.3) is 0 Å². The fraction of sp³-hybridized carbons (Fsp3) is 0.458. The quantitative estimate of drug-likeness (QED) is 0.289. The van der Waals surface area contributed by atoms with E-state index in [1.165, 1.54) is 5.56 Å². The second-order valence-electron chi connectivity index (χ2n) is 6.86. The minimum atomic E-state index is 0.550. The third-order valence-corrected chi connectivity index (χ3v) is 4.63. The van der Waals surface area contributed by atoms with Crippen molar-refractivity contribution >= 4 is 5.96 Å². The molecule has 0 atom stereocenters. The van der Waals surface area contributed by atoms with Gasteiger partial charge >= 0.3 is 0 Å². The molecule has 2 rings (SSSR count). The molecule has 0 saturated heterocycles. The molecule has 0 unspecified atom stereocenters. The lowest BCUT2D eigenvalue weighted by atomic mass is 10.1. The van der Waals surface area contributed by atoms with Crippen molar-refractivity contribution in [1.82, 2.24) is 10.6 Å². The second kappa shape index (κ2) is 14.1. The number of ether oxygens (including phenoxy) is 4. The molecule has 0 aliphatic rings. The number of methoxy groups -OCH3 is 2. The molecule has 0 heterocycles. The van der Waals surface area contributed by atoms with E-state index in [-0.39, 0.29) is 0 Å². The third kappa shape index (κ3) is 8.76. The van der Waals surface area contributed by atoms with E-state index in [0.717, 1.165) is 48.2 Å². The van der Waals surface area contributed by atoms with Crippen molar-refractivity contribution in [3.63, 3.8) is 0 Å². The van der Waals surface area contributed by atoms with Crippen molar-refractivity contribution in [1.29, 1.82) is 0 Å². The zero-order valence-corrected chi connectivity index (χ0v) is 19.1. The Labute approximate surface area is 185 Å². The predicted molar refractivity (Wildman–Crippen MR) is 124 cm³/mol. The summed E-state index contributed by atoms with van der Waals surface area (Å²) in [6.07, 6.45) is 1.92. The molecule has 0 amide bonds. The zero-order chi connectivity index (χ0) is 22.3. The molecule has 2 aromatic carbocycles. The zero-order valence-electron chi connectivity index (χ0n) is 19.1. The average Bonchev–Trinajstić information content (AvgIpc) is 2.80. The van der Waals surface area contributed by atoms with Gasteiger partial charge in [-0.05, 0) is 55.2 Å². The van der Waals surface area contributed by atoms with E-state index >= 15 is 0 Å². The minimum absolute atomic E-state index is 0.550. The van der Waals surface area contributed by atoms with Crippen molar-refractivity contribution in [2.75, 3.05) is 47.6 Å². The van der Waals surface area contributed by atoms with Crippen molar-refractivity contribution in [2.45, 2.75) is 26.3 Å². The van der Waals surface area contributed by atoms with E-state index in [4.69, 9.17) is 18.9 Å². The van der Waals surface area contributed by atoms with Gasteiger partial charge < -0.3 is 29.6 Å². The summed E-state index contributed by atoms with van der Waals surface area (Å²) in [6, 6.07) is 14.1. The minimum Gasteiger partial charge on any atom is -0.493 e. The Morgan fingerprint density at radius 3 is 2.35 bits per heavy atom. The molecule has 31 heavy (non-hydrogen) atoms. The molecule has 7 nitrogen and oxygen atoms in total. The van der Waals surface area contributed by atoms with E-state index < -0.39 is 0 Å². The first-order valence-electron chi connectivity index (χ1n) is 10.6. The molecule has 0 radical (unpaired) electrons. The first-order chi connectivity index (χ1) is 15.2. The molecule has 7 heteroatoms. The number of rotatable bonds is 13. The van der Waals surface area contributed by atoms with Crippen LogP contribution in [0.4, 0.5) is 0 Å². The van der Waals surface area contributed by atoms with Crippen LogP contribution in [-0.2, 0) is 17.7 Å². The summed E-state index contributed by atoms with van der Waals surface area (Å²) in [5, 5.41) is 6.70. The predicted octanol–water partition coefficient (Wildman–Crippen LogP) is 3.42. The highest BCUT2D eigenvalue weighted by molar-refractivity contribution is 5.79. The van der Waals surface area contributed by atoms with Crippen molar-refractivity contribution < 1.29 is 18.9 Å². The summed E-state index contributed by atoms with van der Waals surface area (Å²) in [5.41, 5.74) is 2.38. The summed E-state index contributed by atoms with van der Waals surface area (Å²) in [5.74, 6) is 3.19. The van der Waals surface area contributed by atoms with Crippen LogP contribution in [-0.4, -0.2) is 53.6 Å². The van der Waals surface area contributed by atoms with Gasteiger partial charge in [0.2, 0.25) is 0 Å².